The first-order valence-corrected chi connectivity index (χ1v) is 8.52. The molecule has 2 amide bonds. The Bertz CT molecular complexity index is 485. The van der Waals surface area contributed by atoms with Gasteiger partial charge in [-0.2, -0.15) is 0 Å². The van der Waals surface area contributed by atoms with Crippen LogP contribution < -0.4 is 5.32 Å². The average Bonchev–Trinajstić information content (AvgIpc) is 3.39. The second kappa shape index (κ2) is 7.14. The van der Waals surface area contributed by atoms with Gasteiger partial charge in [-0.25, -0.2) is 4.79 Å². The first-order chi connectivity index (χ1) is 10.8. The van der Waals surface area contributed by atoms with Crippen molar-refractivity contribution < 1.29 is 9.90 Å². The molecule has 1 aliphatic carbocycles. The Kier molecular flexibility index (Phi) is 4.98. The number of nitrogens with one attached hydrogen (secondary N) is 1. The molecular formula is C18H26N2O2. The van der Waals surface area contributed by atoms with Crippen LogP contribution in [0.1, 0.15) is 50.1 Å². The highest BCUT2D eigenvalue weighted by Gasteiger charge is 2.35. The van der Waals surface area contributed by atoms with Crippen LogP contribution in [0.25, 0.3) is 0 Å². The molecule has 4 nitrogen and oxygen atoms in total. The second-order valence-electron chi connectivity index (χ2n) is 6.53. The van der Waals surface area contributed by atoms with Gasteiger partial charge in [0.2, 0.25) is 0 Å². The molecule has 1 aromatic carbocycles. The fourth-order valence-electron chi connectivity index (χ4n) is 3.50. The largest absolute Gasteiger partial charge is 0.396 e. The summed E-state index contributed by atoms with van der Waals surface area (Å²) in [5.74, 6) is 0.576. The van der Waals surface area contributed by atoms with Crippen molar-refractivity contribution in [2.75, 3.05) is 13.2 Å². The van der Waals surface area contributed by atoms with Crippen LogP contribution in [0.15, 0.2) is 30.3 Å². The summed E-state index contributed by atoms with van der Waals surface area (Å²) in [6.07, 6.45) is 6.30. The minimum absolute atomic E-state index is 0.0407. The van der Waals surface area contributed by atoms with Gasteiger partial charge in [0.25, 0.3) is 0 Å². The van der Waals surface area contributed by atoms with Crippen molar-refractivity contribution in [3.63, 3.8) is 0 Å². The average molecular weight is 302 g/mol. The summed E-state index contributed by atoms with van der Waals surface area (Å²) in [7, 11) is 0. The van der Waals surface area contributed by atoms with Gasteiger partial charge in [-0.3, -0.25) is 0 Å². The minimum Gasteiger partial charge on any atom is -0.396 e. The van der Waals surface area contributed by atoms with Gasteiger partial charge in [0, 0.05) is 19.2 Å². The van der Waals surface area contributed by atoms with E-state index < -0.39 is 0 Å². The Morgan fingerprint density at radius 3 is 2.68 bits per heavy atom. The number of nitrogens with zero attached hydrogens (tertiary/aromatic N) is 1. The van der Waals surface area contributed by atoms with Gasteiger partial charge in [0.15, 0.2) is 0 Å². The number of amides is 2. The van der Waals surface area contributed by atoms with E-state index >= 15 is 0 Å². The first kappa shape index (κ1) is 15.3. The number of aliphatic hydroxyl groups is 1. The van der Waals surface area contributed by atoms with E-state index in [-0.39, 0.29) is 24.7 Å². The second-order valence-corrected chi connectivity index (χ2v) is 6.53. The fourth-order valence-corrected chi connectivity index (χ4v) is 3.50. The van der Waals surface area contributed by atoms with Gasteiger partial charge in [0.05, 0.1) is 6.04 Å². The summed E-state index contributed by atoms with van der Waals surface area (Å²) in [5, 5.41) is 12.5. The van der Waals surface area contributed by atoms with Crippen LogP contribution in [0.2, 0.25) is 0 Å². The zero-order chi connectivity index (χ0) is 15.4. The molecule has 22 heavy (non-hydrogen) atoms. The van der Waals surface area contributed by atoms with Crippen LogP contribution in [-0.2, 0) is 0 Å². The normalized spacial score (nSPS) is 23.1. The number of carbonyl (C=O) groups excluding carboxylic acids is 1. The maximum atomic E-state index is 12.7. The SMILES string of the molecule is O=C(NC(c1ccccc1)C1CC1)N1CCCCC1CCO. The zero-order valence-electron chi connectivity index (χ0n) is 13.1. The minimum atomic E-state index is 0.0407. The summed E-state index contributed by atoms with van der Waals surface area (Å²) >= 11 is 0. The van der Waals surface area contributed by atoms with Crippen molar-refractivity contribution in [3.05, 3.63) is 35.9 Å². The third-order valence-corrected chi connectivity index (χ3v) is 4.88. The summed E-state index contributed by atoms with van der Waals surface area (Å²) in [4.78, 5) is 14.7. The fraction of sp³-hybridized carbons (Fsp3) is 0.611. The van der Waals surface area contributed by atoms with Crippen LogP contribution in [0.4, 0.5) is 4.79 Å². The molecule has 2 atom stereocenters. The number of hydrogen-bond acceptors (Lipinski definition) is 2. The van der Waals surface area contributed by atoms with E-state index in [4.69, 9.17) is 0 Å². The highest BCUT2D eigenvalue weighted by molar-refractivity contribution is 5.75. The Labute approximate surface area is 132 Å². The van der Waals surface area contributed by atoms with Crippen molar-refractivity contribution in [2.24, 2.45) is 5.92 Å². The van der Waals surface area contributed by atoms with Gasteiger partial charge in [-0.1, -0.05) is 30.3 Å². The third kappa shape index (κ3) is 3.61. The Morgan fingerprint density at radius 2 is 2.00 bits per heavy atom. The quantitative estimate of drug-likeness (QED) is 0.878. The van der Waals surface area contributed by atoms with Crippen LogP contribution in [0, 0.1) is 5.92 Å². The zero-order valence-corrected chi connectivity index (χ0v) is 13.1. The van der Waals surface area contributed by atoms with Crippen LogP contribution >= 0.6 is 0 Å². The third-order valence-electron chi connectivity index (χ3n) is 4.88. The lowest BCUT2D eigenvalue weighted by molar-refractivity contribution is 0.128. The number of likely N-dealkylation sites (tertiary alicyclic amines) is 1. The molecule has 3 rings (SSSR count). The lowest BCUT2D eigenvalue weighted by Gasteiger charge is -2.36. The summed E-state index contributed by atoms with van der Waals surface area (Å²) in [5.41, 5.74) is 1.20. The maximum absolute atomic E-state index is 12.7. The highest BCUT2D eigenvalue weighted by Crippen LogP contribution is 2.41. The predicted octanol–water partition coefficient (Wildman–Crippen LogP) is 3.08. The molecule has 0 aromatic heterocycles. The van der Waals surface area contributed by atoms with E-state index in [1.807, 2.05) is 23.1 Å². The number of carbonyl (C=O) groups is 1. The lowest BCUT2D eigenvalue weighted by atomic mass is 9.99. The molecular weight excluding hydrogens is 276 g/mol. The predicted molar refractivity (Wildman–Crippen MR) is 86.5 cm³/mol. The van der Waals surface area contributed by atoms with Gasteiger partial charge < -0.3 is 15.3 Å². The van der Waals surface area contributed by atoms with Gasteiger partial charge in [-0.15, -0.1) is 0 Å². The topological polar surface area (TPSA) is 52.6 Å². The van der Waals surface area contributed by atoms with E-state index in [9.17, 15) is 9.90 Å². The Hall–Kier alpha value is -1.55. The van der Waals surface area contributed by atoms with E-state index in [2.05, 4.69) is 17.4 Å². The Morgan fingerprint density at radius 1 is 1.23 bits per heavy atom. The van der Waals surface area contributed by atoms with Gasteiger partial charge >= 0.3 is 6.03 Å². The van der Waals surface area contributed by atoms with Gasteiger partial charge in [-0.05, 0) is 50.0 Å². The maximum Gasteiger partial charge on any atom is 0.318 e. The molecule has 1 heterocycles. The molecule has 0 spiro atoms. The number of rotatable bonds is 5. The monoisotopic (exact) mass is 302 g/mol. The van der Waals surface area contributed by atoms with E-state index in [1.165, 1.54) is 18.4 Å². The van der Waals surface area contributed by atoms with Crippen LogP contribution in [-0.4, -0.2) is 35.2 Å². The number of urea groups is 1. The molecule has 2 unspecified atom stereocenters. The van der Waals surface area contributed by atoms with Crippen LogP contribution in [0.5, 0.6) is 0 Å². The van der Waals surface area contributed by atoms with Crippen molar-refractivity contribution >= 4 is 6.03 Å². The molecule has 0 radical (unpaired) electrons. The van der Waals surface area contributed by atoms with Crippen molar-refractivity contribution in [3.8, 4) is 0 Å². The van der Waals surface area contributed by atoms with Crippen molar-refractivity contribution in [1.82, 2.24) is 10.2 Å². The number of piperidine rings is 1. The molecule has 4 heteroatoms. The first-order valence-electron chi connectivity index (χ1n) is 8.52. The molecule has 1 saturated carbocycles. The van der Waals surface area contributed by atoms with E-state index in [0.29, 0.717) is 12.3 Å². The standard InChI is InChI=1S/C18H26N2O2/c21-13-11-16-8-4-5-12-20(16)18(22)19-17(15-9-10-15)14-6-2-1-3-7-14/h1-3,6-7,15-17,21H,4-5,8-13H2,(H,19,22). The Balaban J connectivity index is 1.68. The summed E-state index contributed by atoms with van der Waals surface area (Å²) in [6, 6.07) is 10.6. The number of aliphatic hydroxyl groups excluding tert-OH is 1. The molecule has 120 valence electrons. The molecule has 2 aliphatic rings. The highest BCUT2D eigenvalue weighted by atomic mass is 16.3. The van der Waals surface area contributed by atoms with Crippen molar-refractivity contribution in [1.29, 1.82) is 0 Å². The molecule has 2 fully saturated rings. The molecule has 2 N–H and O–H groups in total. The van der Waals surface area contributed by atoms with E-state index in [1.54, 1.807) is 0 Å². The van der Waals surface area contributed by atoms with Gasteiger partial charge in [0.1, 0.15) is 0 Å². The molecule has 1 aromatic rings. The van der Waals surface area contributed by atoms with E-state index in [0.717, 1.165) is 25.8 Å². The lowest BCUT2D eigenvalue weighted by Crippen LogP contribution is -2.50. The molecule has 1 aliphatic heterocycles. The van der Waals surface area contributed by atoms with Crippen molar-refractivity contribution in [2.45, 2.75) is 50.6 Å². The summed E-state index contributed by atoms with van der Waals surface area (Å²) < 4.78 is 0. The van der Waals surface area contributed by atoms with Crippen LogP contribution in [0.3, 0.4) is 0 Å². The summed E-state index contributed by atoms with van der Waals surface area (Å²) in [6.45, 7) is 0.960. The smallest absolute Gasteiger partial charge is 0.318 e. The molecule has 0 bridgehead atoms. The number of benzene rings is 1. The number of hydrogen-bond donors (Lipinski definition) is 2. The molecule has 1 saturated heterocycles.